The van der Waals surface area contributed by atoms with Crippen LogP contribution in [-0.2, 0) is 4.79 Å². The van der Waals surface area contributed by atoms with Gasteiger partial charge in [-0.15, -0.1) is 0 Å². The number of anilines is 2. The number of H-pyrrole nitrogens is 1. The first-order chi connectivity index (χ1) is 13.0. The van der Waals surface area contributed by atoms with Crippen LogP contribution in [0.15, 0.2) is 29.1 Å². The van der Waals surface area contributed by atoms with E-state index in [9.17, 15) is 9.59 Å². The lowest BCUT2D eigenvalue weighted by Crippen LogP contribution is -2.37. The van der Waals surface area contributed by atoms with Gasteiger partial charge in [0.25, 0.3) is 5.56 Å². The van der Waals surface area contributed by atoms with Gasteiger partial charge in [-0.3, -0.25) is 14.6 Å². The van der Waals surface area contributed by atoms with E-state index in [1.807, 2.05) is 24.3 Å². The van der Waals surface area contributed by atoms with E-state index >= 15 is 0 Å². The number of piperidine rings is 1. The summed E-state index contributed by atoms with van der Waals surface area (Å²) < 4.78 is 5.20. The van der Waals surface area contributed by atoms with Gasteiger partial charge in [0.1, 0.15) is 11.6 Å². The molecule has 7 nitrogen and oxygen atoms in total. The first kappa shape index (κ1) is 17.6. The number of amides is 1. The van der Waals surface area contributed by atoms with Gasteiger partial charge in [-0.05, 0) is 36.5 Å². The molecule has 2 aliphatic rings. The minimum absolute atomic E-state index is 0.125. The molecule has 3 heterocycles. The summed E-state index contributed by atoms with van der Waals surface area (Å²) in [5.74, 6) is 1.91. The molecule has 2 aromatic rings. The molecule has 1 fully saturated rings. The number of methoxy groups -OCH3 is 1. The molecule has 1 saturated heterocycles. The summed E-state index contributed by atoms with van der Waals surface area (Å²) >= 11 is 0. The second kappa shape index (κ2) is 7.06. The smallest absolute Gasteiger partial charge is 0.258 e. The van der Waals surface area contributed by atoms with Crippen molar-refractivity contribution >= 4 is 17.7 Å². The summed E-state index contributed by atoms with van der Waals surface area (Å²) in [5, 5.41) is 2.79. The van der Waals surface area contributed by atoms with Crippen molar-refractivity contribution in [2.45, 2.75) is 32.1 Å². The molecule has 1 aromatic carbocycles. The lowest BCUT2D eigenvalue weighted by Gasteiger charge is -2.32. The van der Waals surface area contributed by atoms with Gasteiger partial charge in [0.15, 0.2) is 0 Å². The van der Waals surface area contributed by atoms with Crippen molar-refractivity contribution in [3.8, 4) is 5.75 Å². The van der Waals surface area contributed by atoms with E-state index in [4.69, 9.17) is 4.74 Å². The number of carbonyl (C=O) groups excluding carboxylic acids is 1. The van der Waals surface area contributed by atoms with Crippen molar-refractivity contribution in [1.29, 1.82) is 0 Å². The van der Waals surface area contributed by atoms with E-state index in [0.717, 1.165) is 37.2 Å². The Morgan fingerprint density at radius 3 is 2.52 bits per heavy atom. The number of nitrogens with zero attached hydrogens (tertiary/aromatic N) is 2. The van der Waals surface area contributed by atoms with Crippen LogP contribution in [0.1, 0.15) is 43.2 Å². The lowest BCUT2D eigenvalue weighted by atomic mass is 9.87. The van der Waals surface area contributed by atoms with Crippen LogP contribution in [0.5, 0.6) is 5.75 Å². The summed E-state index contributed by atoms with van der Waals surface area (Å²) in [6.07, 6.45) is 2.37. The third kappa shape index (κ3) is 3.41. The molecular formula is C20H24N4O3. The fraction of sp³-hybridized carbons (Fsp3) is 0.450. The summed E-state index contributed by atoms with van der Waals surface area (Å²) in [4.78, 5) is 34.8. The topological polar surface area (TPSA) is 87.3 Å². The minimum atomic E-state index is -0.314. The van der Waals surface area contributed by atoms with E-state index in [-0.39, 0.29) is 23.8 Å². The Bertz CT molecular complexity index is 898. The Morgan fingerprint density at radius 2 is 1.85 bits per heavy atom. The average molecular weight is 368 g/mol. The van der Waals surface area contributed by atoms with Crippen LogP contribution in [0.2, 0.25) is 0 Å². The molecule has 142 valence electrons. The molecule has 0 radical (unpaired) electrons. The van der Waals surface area contributed by atoms with Gasteiger partial charge in [-0.1, -0.05) is 19.1 Å². The Labute approximate surface area is 157 Å². The molecule has 27 heavy (non-hydrogen) atoms. The maximum Gasteiger partial charge on any atom is 0.258 e. The predicted molar refractivity (Wildman–Crippen MR) is 104 cm³/mol. The summed E-state index contributed by atoms with van der Waals surface area (Å²) in [6.45, 7) is 3.96. The van der Waals surface area contributed by atoms with Crippen LogP contribution >= 0.6 is 0 Å². The molecular weight excluding hydrogens is 344 g/mol. The monoisotopic (exact) mass is 368 g/mol. The standard InChI is InChI=1S/C20H24N4O3/c1-12-7-9-24(10-8-12)20-22-18-17(19(26)23-20)15(11-16(25)21-18)13-3-5-14(27-2)6-4-13/h3-6,12,15H,7-11H2,1-2H3,(H2,21,22,23,25,26)/t15-/m0/s1. The maximum absolute atomic E-state index is 12.9. The lowest BCUT2D eigenvalue weighted by molar-refractivity contribution is -0.116. The van der Waals surface area contributed by atoms with Crippen molar-refractivity contribution < 1.29 is 9.53 Å². The molecule has 2 N–H and O–H groups in total. The number of aromatic nitrogens is 2. The third-order valence-corrected chi connectivity index (χ3v) is 5.54. The molecule has 1 atom stereocenters. The van der Waals surface area contributed by atoms with E-state index in [2.05, 4.69) is 27.1 Å². The second-order valence-corrected chi connectivity index (χ2v) is 7.40. The molecule has 0 bridgehead atoms. The van der Waals surface area contributed by atoms with Crippen LogP contribution in [0.25, 0.3) is 0 Å². The molecule has 0 spiro atoms. The molecule has 0 aliphatic carbocycles. The number of nitrogens with one attached hydrogen (secondary N) is 2. The van der Waals surface area contributed by atoms with Crippen LogP contribution in [-0.4, -0.2) is 36.1 Å². The van der Waals surface area contributed by atoms with Crippen molar-refractivity contribution in [2.24, 2.45) is 5.92 Å². The van der Waals surface area contributed by atoms with Crippen LogP contribution in [0, 0.1) is 5.92 Å². The summed E-state index contributed by atoms with van der Waals surface area (Å²) in [7, 11) is 1.61. The Balaban J connectivity index is 1.71. The quantitative estimate of drug-likeness (QED) is 0.869. The van der Waals surface area contributed by atoms with Crippen LogP contribution in [0.3, 0.4) is 0 Å². The second-order valence-electron chi connectivity index (χ2n) is 7.40. The SMILES string of the molecule is COc1ccc([C@@H]2CC(=O)Nc3nc(N4CCC(C)CC4)[nH]c(=O)c32)cc1. The number of hydrogen-bond donors (Lipinski definition) is 2. The fourth-order valence-electron chi connectivity index (χ4n) is 3.85. The van der Waals surface area contributed by atoms with E-state index in [1.54, 1.807) is 7.11 Å². The minimum Gasteiger partial charge on any atom is -0.497 e. The average Bonchev–Trinajstić information content (AvgIpc) is 2.67. The van der Waals surface area contributed by atoms with Gasteiger partial charge in [0, 0.05) is 25.4 Å². The third-order valence-electron chi connectivity index (χ3n) is 5.54. The van der Waals surface area contributed by atoms with Crippen LogP contribution in [0.4, 0.5) is 11.8 Å². The normalized spacial score (nSPS) is 20.1. The van der Waals surface area contributed by atoms with E-state index in [0.29, 0.717) is 23.2 Å². The van der Waals surface area contributed by atoms with Crippen molar-refractivity contribution in [3.05, 3.63) is 45.7 Å². The van der Waals surface area contributed by atoms with Gasteiger partial charge >= 0.3 is 0 Å². The van der Waals surface area contributed by atoms with Gasteiger partial charge in [-0.2, -0.15) is 4.98 Å². The first-order valence-corrected chi connectivity index (χ1v) is 9.38. The molecule has 7 heteroatoms. The predicted octanol–water partition coefficient (Wildman–Crippen LogP) is 2.49. The molecule has 0 unspecified atom stereocenters. The summed E-state index contributed by atoms with van der Waals surface area (Å²) in [5.41, 5.74) is 1.24. The van der Waals surface area contributed by atoms with Crippen molar-refractivity contribution in [2.75, 3.05) is 30.4 Å². The number of aromatic amines is 1. The zero-order valence-corrected chi connectivity index (χ0v) is 15.6. The number of carbonyl (C=O) groups is 1. The van der Waals surface area contributed by atoms with Crippen molar-refractivity contribution in [3.63, 3.8) is 0 Å². The highest BCUT2D eigenvalue weighted by Gasteiger charge is 2.31. The zero-order valence-electron chi connectivity index (χ0n) is 15.6. The first-order valence-electron chi connectivity index (χ1n) is 9.38. The number of rotatable bonds is 3. The Kier molecular flexibility index (Phi) is 4.59. The molecule has 1 aromatic heterocycles. The maximum atomic E-state index is 12.9. The highest BCUT2D eigenvalue weighted by atomic mass is 16.5. The highest BCUT2D eigenvalue weighted by molar-refractivity contribution is 5.94. The fourth-order valence-corrected chi connectivity index (χ4v) is 3.85. The van der Waals surface area contributed by atoms with Gasteiger partial charge in [-0.25, -0.2) is 0 Å². The number of ether oxygens (including phenoxy) is 1. The molecule has 0 saturated carbocycles. The molecule has 1 amide bonds. The van der Waals surface area contributed by atoms with Gasteiger partial charge < -0.3 is 15.0 Å². The summed E-state index contributed by atoms with van der Waals surface area (Å²) in [6, 6.07) is 7.47. The highest BCUT2D eigenvalue weighted by Crippen LogP contribution is 2.35. The molecule has 4 rings (SSSR count). The van der Waals surface area contributed by atoms with Gasteiger partial charge in [0.05, 0.1) is 12.7 Å². The van der Waals surface area contributed by atoms with Crippen molar-refractivity contribution in [1.82, 2.24) is 9.97 Å². The van der Waals surface area contributed by atoms with Crippen LogP contribution < -0.4 is 20.5 Å². The Morgan fingerprint density at radius 1 is 1.15 bits per heavy atom. The number of benzene rings is 1. The molecule has 2 aliphatic heterocycles. The number of fused-ring (bicyclic) bond motifs is 1. The van der Waals surface area contributed by atoms with Gasteiger partial charge in [0.2, 0.25) is 11.9 Å². The van der Waals surface area contributed by atoms with E-state index < -0.39 is 0 Å². The largest absolute Gasteiger partial charge is 0.497 e. The zero-order chi connectivity index (χ0) is 19.0. The Hall–Kier alpha value is -2.83. The van der Waals surface area contributed by atoms with E-state index in [1.165, 1.54) is 0 Å². The number of hydrogen-bond acceptors (Lipinski definition) is 5.